The van der Waals surface area contributed by atoms with Crippen LogP contribution in [0.4, 0.5) is 13.2 Å². The number of aromatic nitrogens is 6. The number of carbonyl (C=O) groups is 9. The van der Waals surface area contributed by atoms with E-state index in [4.69, 9.17) is 68.0 Å². The summed E-state index contributed by atoms with van der Waals surface area (Å²) in [5, 5.41) is 21.5. The summed E-state index contributed by atoms with van der Waals surface area (Å²) in [6.45, 7) is 15.0. The molecule has 0 N–H and O–H groups in total. The number of nitrogens with zero attached hydrogens (tertiary/aromatic N) is 12. The van der Waals surface area contributed by atoms with Crippen molar-refractivity contribution in [3.8, 4) is 34.9 Å². The van der Waals surface area contributed by atoms with Crippen molar-refractivity contribution in [2.75, 3.05) is 26.4 Å². The van der Waals surface area contributed by atoms with Crippen molar-refractivity contribution in [1.29, 1.82) is 0 Å². The molecule has 4 aliphatic rings. The van der Waals surface area contributed by atoms with Crippen molar-refractivity contribution in [1.82, 2.24) is 30.0 Å². The number of hydrogen-bond donors (Lipinski definition) is 0. The van der Waals surface area contributed by atoms with Crippen LogP contribution in [0.1, 0.15) is 101 Å². The zero-order valence-corrected chi connectivity index (χ0v) is 63.8. The van der Waals surface area contributed by atoms with Gasteiger partial charge in [-0.2, -0.15) is 0 Å². The summed E-state index contributed by atoms with van der Waals surface area (Å²) >= 11 is -1.63. The molecule has 3 aromatic carbocycles. The molecule has 0 aliphatic carbocycles. The molecule has 6 heterocycles. The molecule has 0 spiro atoms. The summed E-state index contributed by atoms with van der Waals surface area (Å²) in [6, 6.07) is 14.0. The van der Waals surface area contributed by atoms with E-state index < -0.39 is 219 Å². The van der Waals surface area contributed by atoms with E-state index in [1.165, 1.54) is 75.7 Å². The molecule has 0 radical (unpaired) electrons. The third-order valence-corrected chi connectivity index (χ3v) is 22.8. The molecule has 108 heavy (non-hydrogen) atoms. The molecule has 20 atom stereocenters. The zero-order chi connectivity index (χ0) is 79.2. The maximum atomic E-state index is 14.2. The molecule has 34 nitrogen and oxygen atoms in total. The van der Waals surface area contributed by atoms with Crippen LogP contribution in [-0.2, 0) is 105 Å². The van der Waals surface area contributed by atoms with Crippen molar-refractivity contribution in [3.63, 3.8) is 0 Å². The summed E-state index contributed by atoms with van der Waals surface area (Å²) in [5.41, 5.74) is 20.8. The predicted molar refractivity (Wildman–Crippen MR) is 367 cm³/mol. The Morgan fingerprint density at radius 2 is 0.815 bits per heavy atom. The fourth-order valence-corrected chi connectivity index (χ4v) is 18.2. The summed E-state index contributed by atoms with van der Waals surface area (Å²) in [4.78, 5) is 114. The number of terminal acetylenes is 1. The number of azide groups is 2. The first-order valence-corrected chi connectivity index (χ1v) is 37.2. The molecule has 39 heteroatoms. The summed E-state index contributed by atoms with van der Waals surface area (Å²) in [6.07, 6.45) is -1.34. The molecule has 0 amide bonds. The fraction of sp³-hybridized carbons (Fsp3) is 0.522. The van der Waals surface area contributed by atoms with Crippen molar-refractivity contribution >= 4 is 83.6 Å². The van der Waals surface area contributed by atoms with E-state index in [1.807, 2.05) is 13.8 Å². The second kappa shape index (κ2) is 40.3. The second-order valence-electron chi connectivity index (χ2n) is 24.8. The Labute approximate surface area is 629 Å². The van der Waals surface area contributed by atoms with Gasteiger partial charge in [-0.05, 0) is 18.2 Å². The number of benzene rings is 3. The van der Waals surface area contributed by atoms with Gasteiger partial charge in [0.15, 0.2) is 0 Å². The summed E-state index contributed by atoms with van der Waals surface area (Å²) in [7, 11) is 0. The average Bonchev–Trinajstić information content (AvgIpc) is 1.22. The van der Waals surface area contributed by atoms with Crippen LogP contribution in [0.5, 0.6) is 0 Å². The fourth-order valence-electron chi connectivity index (χ4n) is 12.1. The van der Waals surface area contributed by atoms with Gasteiger partial charge in [0.05, 0.1) is 0 Å². The number of esters is 9. The molecule has 4 aliphatic heterocycles. The van der Waals surface area contributed by atoms with Gasteiger partial charge in [-0.1, -0.05) is 12.0 Å². The quantitative estimate of drug-likeness (QED) is 0.0127. The van der Waals surface area contributed by atoms with E-state index in [1.54, 1.807) is 60.4 Å². The Morgan fingerprint density at radius 1 is 0.463 bits per heavy atom. The minimum atomic E-state index is -1.29. The molecular weight excluding hydrogens is 1560 g/mol. The molecule has 4 saturated heterocycles. The van der Waals surface area contributed by atoms with Crippen LogP contribution in [0.3, 0.4) is 0 Å². The Hall–Kier alpha value is -9.98. The first kappa shape index (κ1) is 85.3. The van der Waals surface area contributed by atoms with Gasteiger partial charge in [0.25, 0.3) is 0 Å². The van der Waals surface area contributed by atoms with Crippen molar-refractivity contribution < 1.29 is 118 Å². The van der Waals surface area contributed by atoms with Gasteiger partial charge in [-0.3, -0.25) is 0 Å². The second-order valence-corrected chi connectivity index (χ2v) is 29.9. The van der Waals surface area contributed by atoms with Crippen LogP contribution < -0.4 is 0 Å². The molecule has 0 saturated carbocycles. The zero-order valence-electron chi connectivity index (χ0n) is 60.3. The van der Waals surface area contributed by atoms with Gasteiger partial charge >= 0.3 is 580 Å². The molecule has 8 unspecified atom stereocenters. The van der Waals surface area contributed by atoms with E-state index in [0.29, 0.717) is 28.1 Å². The predicted octanol–water partition coefficient (Wildman–Crippen LogP) is 6.54. The first-order valence-electron chi connectivity index (χ1n) is 33.3. The van der Waals surface area contributed by atoms with Crippen LogP contribution in [0, 0.1) is 47.5 Å². The van der Waals surface area contributed by atoms with Crippen molar-refractivity contribution in [2.45, 2.75) is 182 Å². The monoisotopic (exact) mass is 1640 g/mol. The molecule has 9 rings (SSSR count). The number of ether oxygens (including phenoxy) is 13. The molecule has 5 aromatic rings. The topological polar surface area (TPSA) is 433 Å². The number of rotatable bonds is 23. The third-order valence-electron chi connectivity index (χ3n) is 16.7. The molecule has 2 aromatic heterocycles. The van der Waals surface area contributed by atoms with Crippen LogP contribution in [0.15, 0.2) is 95.4 Å². The standard InChI is InChI=1S/C38H42F2N6O10Se.C23H32N6O12Se.C8H5F/c1-19-31(17-51-21(3)47)55-38(36(54-24(6)50)33(19)45-15-29(41-43-45)25-9-7-11-27(39)13-25)57-37-20(2)34(35(53-23(5)49)32(56-37)18-52-22(4)48)46-16-30(42-44-46)26-10-8-12-28(40)14-26;1-9-17(26-28-24)19(37-12(4)32)15(7-35-10(2)30)40-22(9)42-23-21(39-14(6)34)18(27-29-25)20(38-13(5)33)16(41-23)8-36-11(3)31;1-2-7-4-3-5-8(9)6-7/h7-16,19-20,31-38H,17-18H2,1-6H3;9,15-23H,7-8H2,1-6H3;1,3-6H/t19-,20+,31?,32?,33-,34?,35-,36?,37-,38-;9-,15?,16?,17?,18+,19+,20+,21?,22+,23+;/m01./s1. The minimum absolute atomic E-state index is 0.132. The van der Waals surface area contributed by atoms with E-state index in [2.05, 4.69) is 46.6 Å². The van der Waals surface area contributed by atoms with Crippen molar-refractivity contribution in [3.05, 3.63) is 129 Å². The van der Waals surface area contributed by atoms with Crippen LogP contribution in [0.25, 0.3) is 43.4 Å². The van der Waals surface area contributed by atoms with Gasteiger partial charge < -0.3 is 0 Å². The van der Waals surface area contributed by atoms with E-state index in [9.17, 15) is 67.4 Å². The van der Waals surface area contributed by atoms with Crippen LogP contribution >= 0.6 is 0 Å². The normalized spacial score (nSPS) is 27.6. The Kier molecular flexibility index (Phi) is 31.8. The molecule has 0 bridgehead atoms. The van der Waals surface area contributed by atoms with Gasteiger partial charge in [0, 0.05) is 5.56 Å². The Balaban J connectivity index is 0.000000279. The van der Waals surface area contributed by atoms with Crippen LogP contribution in [0.2, 0.25) is 0 Å². The number of carbonyl (C=O) groups excluding carboxylic acids is 9. The average molecular weight is 1640 g/mol. The van der Waals surface area contributed by atoms with E-state index in [0.717, 1.165) is 27.7 Å². The Morgan fingerprint density at radius 3 is 1.23 bits per heavy atom. The summed E-state index contributed by atoms with van der Waals surface area (Å²) < 4.78 is 118. The first-order chi connectivity index (χ1) is 51.3. The number of halogens is 3. The molecule has 4 fully saturated rings. The van der Waals surface area contributed by atoms with Gasteiger partial charge in [-0.25, -0.2) is 4.39 Å². The van der Waals surface area contributed by atoms with Crippen molar-refractivity contribution in [2.24, 2.45) is 28.0 Å². The molecular formula is C69H79F3N12O22Se2. The Bertz CT molecular complexity index is 4160. The third kappa shape index (κ3) is 24.0. The van der Waals surface area contributed by atoms with Gasteiger partial charge in [0.1, 0.15) is 5.82 Å². The maximum absolute atomic E-state index is 14.2. The summed E-state index contributed by atoms with van der Waals surface area (Å²) in [5.74, 6) is -6.29. The molecule has 580 valence electrons. The SMILES string of the molecule is C#Cc1cccc(F)c1.CC(=O)OCC1O[C@@H]([Se][C@@H]2OC(COC(C)=O)[C@H](C)[C@H](n3cc(-c4cccc(F)c4)nn3)C2OC(C)=O)[C@H](C)C(n2cc(-c3cccc(F)c3)nn2)[C@H]1OC(C)=O.CC(=O)OCC1O[C@@H]([Se][C@@H]2OC(COC(C)=O)[C@H](OC(C)=O)[C@H](N=[N+]=[N-])C2OC(C)=O)[C@H](C)C(N=[N+]=[N-])[C@H]1OC(C)=O. The van der Waals surface area contributed by atoms with Gasteiger partial charge in [0.2, 0.25) is 0 Å². The van der Waals surface area contributed by atoms with Gasteiger partial charge in [-0.15, -0.1) is 6.42 Å². The van der Waals surface area contributed by atoms with E-state index >= 15 is 0 Å². The number of hydrogen-bond acceptors (Lipinski definition) is 28. The van der Waals surface area contributed by atoms with E-state index in [-0.39, 0.29) is 25.6 Å². The van der Waals surface area contributed by atoms with Crippen LogP contribution in [-0.4, -0.2) is 227 Å².